The second-order valence-electron chi connectivity index (χ2n) is 7.15. The summed E-state index contributed by atoms with van der Waals surface area (Å²) in [5.74, 6) is 0.254. The molecule has 8 nitrogen and oxygen atoms in total. The highest BCUT2D eigenvalue weighted by Crippen LogP contribution is 2.30. The molecular formula is C19H29N3O5S. The highest BCUT2D eigenvalue weighted by Gasteiger charge is 2.40. The standard InChI is InChI=1S/C19H29N3O5S/c1-15-5-6-16(26-2)14-18(15)28(24,25)22-8-3-4-17(22)19(23)20-7-9-21-10-12-27-13-11-21/h5-6,14,17H,3-4,7-13H2,1-2H3,(H,20,23). The van der Waals surface area contributed by atoms with E-state index in [1.165, 1.54) is 17.5 Å². The minimum absolute atomic E-state index is 0.194. The summed E-state index contributed by atoms with van der Waals surface area (Å²) in [4.78, 5) is 15.1. The molecule has 0 saturated carbocycles. The zero-order valence-electron chi connectivity index (χ0n) is 16.5. The van der Waals surface area contributed by atoms with Gasteiger partial charge in [0.1, 0.15) is 11.8 Å². The minimum atomic E-state index is -3.78. The first kappa shape index (κ1) is 21.0. The number of hydrogen-bond donors (Lipinski definition) is 1. The van der Waals surface area contributed by atoms with Gasteiger partial charge in [0.15, 0.2) is 0 Å². The van der Waals surface area contributed by atoms with E-state index in [1.807, 2.05) is 0 Å². The second kappa shape index (κ2) is 9.21. The van der Waals surface area contributed by atoms with Crippen LogP contribution in [0.15, 0.2) is 23.1 Å². The maximum Gasteiger partial charge on any atom is 0.244 e. The fourth-order valence-electron chi connectivity index (χ4n) is 3.68. The molecule has 0 spiro atoms. The first-order valence-electron chi connectivity index (χ1n) is 9.68. The number of nitrogens with zero attached hydrogens (tertiary/aromatic N) is 2. The zero-order valence-corrected chi connectivity index (χ0v) is 17.3. The second-order valence-corrected chi connectivity index (χ2v) is 9.01. The fraction of sp³-hybridized carbons (Fsp3) is 0.632. The first-order valence-corrected chi connectivity index (χ1v) is 11.1. The van der Waals surface area contributed by atoms with Gasteiger partial charge in [-0.1, -0.05) is 6.07 Å². The quantitative estimate of drug-likeness (QED) is 0.707. The molecule has 0 bridgehead atoms. The van der Waals surface area contributed by atoms with Crippen molar-refractivity contribution in [2.75, 3.05) is 53.0 Å². The van der Waals surface area contributed by atoms with Gasteiger partial charge in [0.2, 0.25) is 15.9 Å². The van der Waals surface area contributed by atoms with Crippen LogP contribution in [0.4, 0.5) is 0 Å². The van der Waals surface area contributed by atoms with E-state index in [9.17, 15) is 13.2 Å². The van der Waals surface area contributed by atoms with Crippen LogP contribution < -0.4 is 10.1 Å². The van der Waals surface area contributed by atoms with E-state index < -0.39 is 16.1 Å². The normalized spacial score (nSPS) is 21.6. The number of amides is 1. The average Bonchev–Trinajstić information content (AvgIpc) is 3.20. The maximum atomic E-state index is 13.2. The van der Waals surface area contributed by atoms with Crippen LogP contribution in [0.5, 0.6) is 5.75 Å². The van der Waals surface area contributed by atoms with Crippen molar-refractivity contribution in [3.8, 4) is 5.75 Å². The molecule has 9 heteroatoms. The summed E-state index contributed by atoms with van der Waals surface area (Å²) in [5, 5.41) is 2.91. The topological polar surface area (TPSA) is 88.2 Å². The molecule has 2 aliphatic rings. The molecule has 1 atom stereocenters. The van der Waals surface area contributed by atoms with Gasteiger partial charge in [0.05, 0.1) is 25.2 Å². The Morgan fingerprint density at radius 2 is 2.04 bits per heavy atom. The lowest BCUT2D eigenvalue weighted by molar-refractivity contribution is -0.124. The predicted molar refractivity (Wildman–Crippen MR) is 105 cm³/mol. The van der Waals surface area contributed by atoms with Crippen LogP contribution in [0.3, 0.4) is 0 Å². The Morgan fingerprint density at radius 3 is 2.75 bits per heavy atom. The van der Waals surface area contributed by atoms with Crippen molar-refractivity contribution in [2.45, 2.75) is 30.7 Å². The minimum Gasteiger partial charge on any atom is -0.497 e. The van der Waals surface area contributed by atoms with E-state index >= 15 is 0 Å². The molecule has 156 valence electrons. The summed E-state index contributed by atoms with van der Waals surface area (Å²) in [5.41, 5.74) is 0.638. The number of hydrogen-bond acceptors (Lipinski definition) is 6. The number of aryl methyl sites for hydroxylation is 1. The molecule has 3 rings (SSSR count). The summed E-state index contributed by atoms with van der Waals surface area (Å²) in [6.07, 6.45) is 1.20. The smallest absolute Gasteiger partial charge is 0.244 e. The van der Waals surface area contributed by atoms with Gasteiger partial charge in [-0.3, -0.25) is 9.69 Å². The molecule has 1 unspecified atom stereocenters. The molecule has 2 heterocycles. The molecule has 28 heavy (non-hydrogen) atoms. The van der Waals surface area contributed by atoms with Crippen LogP contribution in [-0.4, -0.2) is 82.6 Å². The number of morpholine rings is 1. The van der Waals surface area contributed by atoms with E-state index in [0.717, 1.165) is 19.6 Å². The van der Waals surface area contributed by atoms with Gasteiger partial charge in [0, 0.05) is 38.8 Å². The number of rotatable bonds is 7. The summed E-state index contributed by atoms with van der Waals surface area (Å²) < 4.78 is 38.3. The largest absolute Gasteiger partial charge is 0.497 e. The van der Waals surface area contributed by atoms with E-state index in [-0.39, 0.29) is 10.8 Å². The lowest BCUT2D eigenvalue weighted by Gasteiger charge is -2.27. The van der Waals surface area contributed by atoms with E-state index in [0.29, 0.717) is 50.5 Å². The molecule has 1 aromatic rings. The van der Waals surface area contributed by atoms with Crippen molar-refractivity contribution in [1.29, 1.82) is 0 Å². The van der Waals surface area contributed by atoms with Gasteiger partial charge in [0.25, 0.3) is 0 Å². The average molecular weight is 412 g/mol. The Labute approximate surface area is 166 Å². The van der Waals surface area contributed by atoms with E-state index in [1.54, 1.807) is 19.1 Å². The van der Waals surface area contributed by atoms with Crippen molar-refractivity contribution in [1.82, 2.24) is 14.5 Å². The number of sulfonamides is 1. The Morgan fingerprint density at radius 1 is 1.29 bits per heavy atom. The third-order valence-electron chi connectivity index (χ3n) is 5.32. The molecule has 2 aliphatic heterocycles. The molecule has 0 aliphatic carbocycles. The molecule has 2 saturated heterocycles. The number of methoxy groups -OCH3 is 1. The van der Waals surface area contributed by atoms with Crippen LogP contribution in [0.1, 0.15) is 18.4 Å². The van der Waals surface area contributed by atoms with Crippen LogP contribution in [-0.2, 0) is 19.6 Å². The Kier molecular flexibility index (Phi) is 6.92. The summed E-state index contributed by atoms with van der Waals surface area (Å²) in [7, 11) is -2.27. The molecule has 1 aromatic carbocycles. The third-order valence-corrected chi connectivity index (χ3v) is 7.37. The van der Waals surface area contributed by atoms with Gasteiger partial charge in [-0.2, -0.15) is 4.31 Å². The van der Waals surface area contributed by atoms with Gasteiger partial charge in [-0.25, -0.2) is 8.42 Å². The van der Waals surface area contributed by atoms with E-state index in [2.05, 4.69) is 10.2 Å². The van der Waals surface area contributed by atoms with Crippen molar-refractivity contribution < 1.29 is 22.7 Å². The van der Waals surface area contributed by atoms with Crippen molar-refractivity contribution in [3.63, 3.8) is 0 Å². The Hall–Kier alpha value is -1.68. The number of nitrogens with one attached hydrogen (secondary N) is 1. The van der Waals surface area contributed by atoms with Crippen LogP contribution >= 0.6 is 0 Å². The van der Waals surface area contributed by atoms with Gasteiger partial charge < -0.3 is 14.8 Å². The summed E-state index contributed by atoms with van der Waals surface area (Å²) in [6.45, 7) is 6.47. The number of benzene rings is 1. The number of carbonyl (C=O) groups is 1. The maximum absolute atomic E-state index is 13.2. The summed E-state index contributed by atoms with van der Waals surface area (Å²) >= 11 is 0. The van der Waals surface area contributed by atoms with Crippen molar-refractivity contribution >= 4 is 15.9 Å². The van der Waals surface area contributed by atoms with Crippen LogP contribution in [0.25, 0.3) is 0 Å². The van der Waals surface area contributed by atoms with Crippen LogP contribution in [0, 0.1) is 6.92 Å². The zero-order chi connectivity index (χ0) is 20.1. The molecule has 0 aromatic heterocycles. The fourth-order valence-corrected chi connectivity index (χ4v) is 5.58. The number of ether oxygens (including phenoxy) is 2. The van der Waals surface area contributed by atoms with Crippen molar-refractivity contribution in [3.05, 3.63) is 23.8 Å². The highest BCUT2D eigenvalue weighted by molar-refractivity contribution is 7.89. The first-order chi connectivity index (χ1) is 13.4. The predicted octanol–water partition coefficient (Wildman–Crippen LogP) is 0.605. The van der Waals surface area contributed by atoms with Gasteiger partial charge in [-0.15, -0.1) is 0 Å². The SMILES string of the molecule is COc1ccc(C)c(S(=O)(=O)N2CCCC2C(=O)NCCN2CCOCC2)c1. The molecule has 0 radical (unpaired) electrons. The number of carbonyl (C=O) groups excluding carboxylic acids is 1. The van der Waals surface area contributed by atoms with Crippen molar-refractivity contribution in [2.24, 2.45) is 0 Å². The van der Waals surface area contributed by atoms with Gasteiger partial charge >= 0.3 is 0 Å². The Balaban J connectivity index is 1.66. The third kappa shape index (κ3) is 4.65. The van der Waals surface area contributed by atoms with Gasteiger partial charge in [-0.05, 0) is 31.4 Å². The Bertz CT molecular complexity index is 793. The molecule has 2 fully saturated rings. The molecule has 1 amide bonds. The molecular weight excluding hydrogens is 382 g/mol. The lowest BCUT2D eigenvalue weighted by Crippen LogP contribution is -2.48. The lowest BCUT2D eigenvalue weighted by atomic mass is 10.2. The highest BCUT2D eigenvalue weighted by atomic mass is 32.2. The molecule has 1 N–H and O–H groups in total. The van der Waals surface area contributed by atoms with Crippen LogP contribution in [0.2, 0.25) is 0 Å². The van der Waals surface area contributed by atoms with E-state index in [4.69, 9.17) is 9.47 Å². The monoisotopic (exact) mass is 411 g/mol. The summed E-state index contributed by atoms with van der Waals surface area (Å²) in [6, 6.07) is 4.31.